The van der Waals surface area contributed by atoms with E-state index in [-0.39, 0.29) is 5.75 Å². The standard InChI is InChI=1S/C10H9NO3/c1-6(11-13)8-4-7-2-3-14-10(7)5-9(8)12/h2-5,12-13H,1H3. The van der Waals surface area contributed by atoms with Crippen molar-refractivity contribution >= 4 is 16.7 Å². The van der Waals surface area contributed by atoms with Crippen LogP contribution in [0, 0.1) is 0 Å². The Morgan fingerprint density at radius 2 is 2.21 bits per heavy atom. The fourth-order valence-corrected chi connectivity index (χ4v) is 1.34. The molecule has 0 spiro atoms. The lowest BCUT2D eigenvalue weighted by Gasteiger charge is -2.01. The first-order valence-corrected chi connectivity index (χ1v) is 4.11. The van der Waals surface area contributed by atoms with Gasteiger partial charge < -0.3 is 14.7 Å². The van der Waals surface area contributed by atoms with Crippen LogP contribution in [0.5, 0.6) is 5.75 Å². The molecule has 1 aromatic heterocycles. The zero-order valence-electron chi connectivity index (χ0n) is 7.56. The Kier molecular flexibility index (Phi) is 1.89. The second-order valence-corrected chi connectivity index (χ2v) is 3.01. The molecule has 0 saturated heterocycles. The average molecular weight is 191 g/mol. The van der Waals surface area contributed by atoms with Crippen LogP contribution in [0.1, 0.15) is 12.5 Å². The monoisotopic (exact) mass is 191 g/mol. The summed E-state index contributed by atoms with van der Waals surface area (Å²) in [5.74, 6) is 0.0442. The van der Waals surface area contributed by atoms with Crippen molar-refractivity contribution in [1.82, 2.24) is 0 Å². The van der Waals surface area contributed by atoms with E-state index in [2.05, 4.69) is 5.16 Å². The van der Waals surface area contributed by atoms with Gasteiger partial charge in [-0.3, -0.25) is 0 Å². The molecule has 0 bridgehead atoms. The molecule has 4 nitrogen and oxygen atoms in total. The predicted molar refractivity (Wildman–Crippen MR) is 51.9 cm³/mol. The summed E-state index contributed by atoms with van der Waals surface area (Å²) in [6.45, 7) is 1.61. The highest BCUT2D eigenvalue weighted by molar-refractivity contribution is 6.03. The van der Waals surface area contributed by atoms with Gasteiger partial charge >= 0.3 is 0 Å². The van der Waals surface area contributed by atoms with Gasteiger partial charge in [0.15, 0.2) is 0 Å². The maximum atomic E-state index is 9.58. The fraction of sp³-hybridized carbons (Fsp3) is 0.100. The van der Waals surface area contributed by atoms with Gasteiger partial charge in [0.2, 0.25) is 0 Å². The molecule has 0 aliphatic heterocycles. The second-order valence-electron chi connectivity index (χ2n) is 3.01. The number of hydrogen-bond acceptors (Lipinski definition) is 4. The molecule has 2 rings (SSSR count). The normalized spacial score (nSPS) is 12.2. The van der Waals surface area contributed by atoms with E-state index in [4.69, 9.17) is 9.62 Å². The first kappa shape index (κ1) is 8.62. The Bertz CT molecular complexity index is 499. The maximum Gasteiger partial charge on any atom is 0.137 e. The molecule has 0 unspecified atom stereocenters. The highest BCUT2D eigenvalue weighted by Gasteiger charge is 2.08. The number of nitrogens with zero attached hydrogens (tertiary/aromatic N) is 1. The Hall–Kier alpha value is -1.97. The Labute approximate surface area is 80.1 Å². The molecule has 4 heteroatoms. The van der Waals surface area contributed by atoms with Crippen molar-refractivity contribution < 1.29 is 14.7 Å². The molecule has 0 fully saturated rings. The molecule has 2 N–H and O–H groups in total. The lowest BCUT2D eigenvalue weighted by atomic mass is 10.1. The number of phenolic OH excluding ortho intramolecular Hbond substituents is 1. The van der Waals surface area contributed by atoms with E-state index in [1.807, 2.05) is 0 Å². The van der Waals surface area contributed by atoms with Crippen molar-refractivity contribution in [3.8, 4) is 5.75 Å². The maximum absolute atomic E-state index is 9.58. The first-order chi connectivity index (χ1) is 6.72. The molecule has 2 aromatic rings. The van der Waals surface area contributed by atoms with Crippen LogP contribution in [0.2, 0.25) is 0 Å². The van der Waals surface area contributed by atoms with Crippen molar-refractivity contribution in [1.29, 1.82) is 0 Å². The number of oxime groups is 1. The zero-order chi connectivity index (χ0) is 10.1. The number of fused-ring (bicyclic) bond motifs is 1. The minimum atomic E-state index is 0.0442. The van der Waals surface area contributed by atoms with Crippen LogP contribution < -0.4 is 0 Å². The average Bonchev–Trinajstić information content (AvgIpc) is 2.62. The number of aromatic hydroxyl groups is 1. The summed E-state index contributed by atoms with van der Waals surface area (Å²) in [7, 11) is 0. The van der Waals surface area contributed by atoms with Gasteiger partial charge in [-0.15, -0.1) is 0 Å². The summed E-state index contributed by atoms with van der Waals surface area (Å²) in [5.41, 5.74) is 1.48. The van der Waals surface area contributed by atoms with Crippen molar-refractivity contribution in [2.75, 3.05) is 0 Å². The predicted octanol–water partition coefficient (Wildman–Crippen LogP) is 2.34. The molecule has 72 valence electrons. The molecule has 0 aliphatic rings. The summed E-state index contributed by atoms with van der Waals surface area (Å²) in [6, 6.07) is 4.99. The summed E-state index contributed by atoms with van der Waals surface area (Å²) in [6.07, 6.45) is 1.54. The molecule has 0 radical (unpaired) electrons. The SMILES string of the molecule is CC(=NO)c1cc2ccoc2cc1O. The zero-order valence-corrected chi connectivity index (χ0v) is 7.56. The lowest BCUT2D eigenvalue weighted by Crippen LogP contribution is -1.94. The van der Waals surface area contributed by atoms with Crippen molar-refractivity contribution in [3.05, 3.63) is 30.0 Å². The van der Waals surface area contributed by atoms with E-state index in [1.165, 1.54) is 6.07 Å². The van der Waals surface area contributed by atoms with E-state index in [1.54, 1.807) is 25.3 Å². The molecule has 14 heavy (non-hydrogen) atoms. The molecule has 1 aromatic carbocycles. The molecule has 1 heterocycles. The van der Waals surface area contributed by atoms with Gasteiger partial charge in [-0.05, 0) is 19.1 Å². The second kappa shape index (κ2) is 3.06. The van der Waals surface area contributed by atoms with Gasteiger partial charge in [-0.1, -0.05) is 5.16 Å². The number of furan rings is 1. The third kappa shape index (κ3) is 1.21. The third-order valence-electron chi connectivity index (χ3n) is 2.11. The highest BCUT2D eigenvalue weighted by Crippen LogP contribution is 2.26. The number of benzene rings is 1. The molecular formula is C10H9NO3. The number of hydrogen-bond donors (Lipinski definition) is 2. The minimum absolute atomic E-state index is 0.0442. The van der Waals surface area contributed by atoms with Crippen LogP contribution in [0.3, 0.4) is 0 Å². The molecule has 0 atom stereocenters. The van der Waals surface area contributed by atoms with Crippen LogP contribution in [0.4, 0.5) is 0 Å². The van der Waals surface area contributed by atoms with E-state index >= 15 is 0 Å². The van der Waals surface area contributed by atoms with Crippen LogP contribution >= 0.6 is 0 Å². The van der Waals surface area contributed by atoms with Crippen LogP contribution in [-0.4, -0.2) is 16.0 Å². The minimum Gasteiger partial charge on any atom is -0.507 e. The largest absolute Gasteiger partial charge is 0.507 e. The summed E-state index contributed by atoms with van der Waals surface area (Å²) >= 11 is 0. The molecule has 0 saturated carbocycles. The lowest BCUT2D eigenvalue weighted by molar-refractivity contribution is 0.318. The number of rotatable bonds is 1. The van der Waals surface area contributed by atoms with E-state index in [0.717, 1.165) is 5.39 Å². The Balaban J connectivity index is 2.71. The highest BCUT2D eigenvalue weighted by atomic mass is 16.4. The Morgan fingerprint density at radius 3 is 2.93 bits per heavy atom. The quantitative estimate of drug-likeness (QED) is 0.413. The number of phenols is 1. The van der Waals surface area contributed by atoms with E-state index in [9.17, 15) is 5.11 Å². The van der Waals surface area contributed by atoms with Crippen LogP contribution in [0.15, 0.2) is 34.0 Å². The molecule has 0 amide bonds. The van der Waals surface area contributed by atoms with E-state index < -0.39 is 0 Å². The summed E-state index contributed by atoms with van der Waals surface area (Å²) < 4.78 is 5.10. The van der Waals surface area contributed by atoms with Crippen LogP contribution in [0.25, 0.3) is 11.0 Å². The molecule has 0 aliphatic carbocycles. The van der Waals surface area contributed by atoms with Crippen molar-refractivity contribution in [3.63, 3.8) is 0 Å². The van der Waals surface area contributed by atoms with E-state index in [0.29, 0.717) is 16.9 Å². The third-order valence-corrected chi connectivity index (χ3v) is 2.11. The Morgan fingerprint density at radius 1 is 1.43 bits per heavy atom. The summed E-state index contributed by atoms with van der Waals surface area (Å²) in [4.78, 5) is 0. The van der Waals surface area contributed by atoms with Gasteiger partial charge in [0.05, 0.1) is 12.0 Å². The van der Waals surface area contributed by atoms with Gasteiger partial charge in [0.25, 0.3) is 0 Å². The summed E-state index contributed by atoms with van der Waals surface area (Å²) in [5, 5.41) is 22.1. The van der Waals surface area contributed by atoms with Gasteiger partial charge in [-0.25, -0.2) is 0 Å². The van der Waals surface area contributed by atoms with Crippen molar-refractivity contribution in [2.24, 2.45) is 5.16 Å². The first-order valence-electron chi connectivity index (χ1n) is 4.11. The topological polar surface area (TPSA) is 66.0 Å². The fourth-order valence-electron chi connectivity index (χ4n) is 1.34. The molecular weight excluding hydrogens is 182 g/mol. The van der Waals surface area contributed by atoms with Crippen molar-refractivity contribution in [2.45, 2.75) is 6.92 Å². The van der Waals surface area contributed by atoms with Gasteiger partial charge in [0, 0.05) is 17.0 Å². The van der Waals surface area contributed by atoms with Gasteiger partial charge in [-0.2, -0.15) is 0 Å². The van der Waals surface area contributed by atoms with Gasteiger partial charge in [0.1, 0.15) is 11.3 Å². The smallest absolute Gasteiger partial charge is 0.137 e. The van der Waals surface area contributed by atoms with Crippen LogP contribution in [-0.2, 0) is 0 Å².